The van der Waals surface area contributed by atoms with Gasteiger partial charge in [0, 0.05) is 10.9 Å². The van der Waals surface area contributed by atoms with Crippen molar-refractivity contribution in [2.75, 3.05) is 0 Å². The van der Waals surface area contributed by atoms with Gasteiger partial charge in [0.2, 0.25) is 15.9 Å². The second kappa shape index (κ2) is 6.00. The molecule has 3 N–H and O–H groups in total. The summed E-state index contributed by atoms with van der Waals surface area (Å²) in [5.74, 6) is 1.38. The average Bonchev–Trinajstić information content (AvgIpc) is 2.28. The number of nitrogens with two attached hydrogens (primary N) is 1. The number of amides is 1. The van der Waals surface area contributed by atoms with Gasteiger partial charge >= 0.3 is 0 Å². The minimum absolute atomic E-state index is 0.0279. The second-order valence-electron chi connectivity index (χ2n) is 3.44. The van der Waals surface area contributed by atoms with Crippen molar-refractivity contribution in [1.82, 2.24) is 4.72 Å². The number of rotatable bonds is 5. The van der Waals surface area contributed by atoms with Crippen LogP contribution in [0.15, 0.2) is 33.6 Å². The average molecular weight is 331 g/mol. The molecule has 1 atom stereocenters. The summed E-state index contributed by atoms with van der Waals surface area (Å²) in [6.45, 7) is 0. The number of carbonyl (C=O) groups is 1. The van der Waals surface area contributed by atoms with E-state index in [4.69, 9.17) is 12.2 Å². The van der Waals surface area contributed by atoms with Crippen molar-refractivity contribution < 1.29 is 13.2 Å². The van der Waals surface area contributed by atoms with Crippen molar-refractivity contribution in [1.29, 1.82) is 0 Å². The zero-order valence-corrected chi connectivity index (χ0v) is 11.7. The molecule has 0 saturated carbocycles. The number of sulfonamides is 1. The summed E-state index contributed by atoms with van der Waals surface area (Å²) in [5, 5.41) is 0. The van der Waals surface area contributed by atoms with Gasteiger partial charge in [-0.05, 0) is 18.2 Å². The first kappa shape index (κ1) is 14.7. The molecule has 0 aliphatic carbocycles. The van der Waals surface area contributed by atoms with Crippen molar-refractivity contribution in [3.63, 3.8) is 0 Å². The Labute approximate surface area is 114 Å². The third-order valence-corrected chi connectivity index (χ3v) is 4.03. The summed E-state index contributed by atoms with van der Waals surface area (Å²) in [7, 11) is -3.83. The van der Waals surface area contributed by atoms with Gasteiger partial charge in [-0.15, -0.1) is 12.3 Å². The third-order valence-electron chi connectivity index (χ3n) is 2.07. The predicted octanol–water partition coefficient (Wildman–Crippen LogP) is 0.605. The maximum absolute atomic E-state index is 12.0. The lowest BCUT2D eigenvalue weighted by molar-refractivity contribution is -0.119. The van der Waals surface area contributed by atoms with Gasteiger partial charge < -0.3 is 5.73 Å². The number of benzene rings is 1. The van der Waals surface area contributed by atoms with Crippen LogP contribution >= 0.6 is 15.9 Å². The molecule has 0 aromatic heterocycles. The molecule has 0 heterocycles. The largest absolute Gasteiger partial charge is 0.368 e. The van der Waals surface area contributed by atoms with Crippen molar-refractivity contribution in [3.8, 4) is 12.3 Å². The first-order valence-corrected chi connectivity index (χ1v) is 7.15. The fourth-order valence-corrected chi connectivity index (χ4v) is 3.01. The molecule has 1 aromatic carbocycles. The first-order valence-electron chi connectivity index (χ1n) is 4.87. The molecule has 7 heteroatoms. The van der Waals surface area contributed by atoms with E-state index in [2.05, 4.69) is 26.6 Å². The van der Waals surface area contributed by atoms with Crippen molar-refractivity contribution >= 4 is 31.9 Å². The highest BCUT2D eigenvalue weighted by atomic mass is 79.9. The van der Waals surface area contributed by atoms with Crippen LogP contribution in [0.2, 0.25) is 0 Å². The topological polar surface area (TPSA) is 89.3 Å². The number of terminal acetylenes is 1. The molecular weight excluding hydrogens is 320 g/mol. The summed E-state index contributed by atoms with van der Waals surface area (Å²) >= 11 is 3.16. The molecule has 0 aliphatic heterocycles. The van der Waals surface area contributed by atoms with Crippen molar-refractivity contribution in [3.05, 3.63) is 28.7 Å². The van der Waals surface area contributed by atoms with Crippen molar-refractivity contribution in [2.45, 2.75) is 17.4 Å². The molecule has 96 valence electrons. The van der Waals surface area contributed by atoms with Gasteiger partial charge in [0.05, 0.1) is 4.90 Å². The maximum Gasteiger partial charge on any atom is 0.241 e. The van der Waals surface area contributed by atoms with Gasteiger partial charge in [-0.2, -0.15) is 4.72 Å². The molecule has 1 aromatic rings. The van der Waals surface area contributed by atoms with E-state index in [9.17, 15) is 13.2 Å². The van der Waals surface area contributed by atoms with E-state index in [1.165, 1.54) is 12.1 Å². The quantitative estimate of drug-likeness (QED) is 0.775. The van der Waals surface area contributed by atoms with E-state index >= 15 is 0 Å². The van der Waals surface area contributed by atoms with Crippen LogP contribution in [0.3, 0.4) is 0 Å². The zero-order chi connectivity index (χ0) is 13.8. The van der Waals surface area contributed by atoms with E-state index < -0.39 is 22.0 Å². The molecule has 1 amide bonds. The van der Waals surface area contributed by atoms with Crippen LogP contribution in [-0.2, 0) is 14.8 Å². The molecule has 0 spiro atoms. The number of nitrogens with one attached hydrogen (secondary N) is 1. The van der Waals surface area contributed by atoms with Crippen LogP contribution in [0.25, 0.3) is 0 Å². The van der Waals surface area contributed by atoms with Gasteiger partial charge in [0.25, 0.3) is 0 Å². The third kappa shape index (κ3) is 3.84. The van der Waals surface area contributed by atoms with E-state index in [0.29, 0.717) is 4.47 Å². The maximum atomic E-state index is 12.0. The Morgan fingerprint density at radius 3 is 2.72 bits per heavy atom. The second-order valence-corrected chi connectivity index (χ2v) is 6.07. The van der Waals surface area contributed by atoms with Gasteiger partial charge in [-0.3, -0.25) is 4.79 Å². The molecule has 0 bridgehead atoms. The molecule has 0 saturated heterocycles. The molecule has 0 aliphatic rings. The fraction of sp³-hybridized carbons (Fsp3) is 0.182. The van der Waals surface area contributed by atoms with Crippen molar-refractivity contribution in [2.24, 2.45) is 5.73 Å². The van der Waals surface area contributed by atoms with Gasteiger partial charge in [0.1, 0.15) is 6.04 Å². The Kier molecular flexibility index (Phi) is 4.90. The summed E-state index contributed by atoms with van der Waals surface area (Å²) < 4.78 is 26.7. The molecule has 18 heavy (non-hydrogen) atoms. The van der Waals surface area contributed by atoms with Crippen LogP contribution in [0.5, 0.6) is 0 Å². The Balaban J connectivity index is 3.01. The van der Waals surface area contributed by atoms with Gasteiger partial charge in [-0.1, -0.05) is 22.0 Å². The van der Waals surface area contributed by atoms with Crippen LogP contribution < -0.4 is 10.5 Å². The number of primary amides is 1. The van der Waals surface area contributed by atoms with Crippen LogP contribution in [0.1, 0.15) is 6.42 Å². The molecule has 1 rings (SSSR count). The highest BCUT2D eigenvalue weighted by Crippen LogP contribution is 2.16. The standard InChI is InChI=1S/C11H11BrN2O3S/c1-2-4-10(11(13)15)14-18(16,17)9-6-3-5-8(12)7-9/h1,3,5-7,10,14H,4H2,(H2,13,15)/t10-/m0/s1. The summed E-state index contributed by atoms with van der Waals surface area (Å²) in [6.07, 6.45) is 4.95. The summed E-state index contributed by atoms with van der Waals surface area (Å²) in [6, 6.07) is 4.96. The number of carbonyl (C=O) groups excluding carboxylic acids is 1. The van der Waals surface area contributed by atoms with E-state index in [1.807, 2.05) is 0 Å². The SMILES string of the molecule is C#CC[C@H](NS(=O)(=O)c1cccc(Br)c1)C(N)=O. The number of halogens is 1. The number of hydrogen-bond acceptors (Lipinski definition) is 3. The van der Waals surface area contributed by atoms with Crippen LogP contribution in [-0.4, -0.2) is 20.4 Å². The molecular formula is C11H11BrN2O3S. The molecule has 0 fully saturated rings. The predicted molar refractivity (Wildman–Crippen MR) is 70.9 cm³/mol. The van der Waals surface area contributed by atoms with Crippen LogP contribution in [0.4, 0.5) is 0 Å². The highest BCUT2D eigenvalue weighted by Gasteiger charge is 2.23. The Morgan fingerprint density at radius 2 is 2.22 bits per heavy atom. The minimum Gasteiger partial charge on any atom is -0.368 e. The lowest BCUT2D eigenvalue weighted by Gasteiger charge is -2.13. The molecule has 5 nitrogen and oxygen atoms in total. The Morgan fingerprint density at radius 1 is 1.56 bits per heavy atom. The van der Waals surface area contributed by atoms with Gasteiger partial charge in [-0.25, -0.2) is 8.42 Å². The lowest BCUT2D eigenvalue weighted by Crippen LogP contribution is -2.44. The van der Waals surface area contributed by atoms with E-state index in [1.54, 1.807) is 12.1 Å². The summed E-state index contributed by atoms with van der Waals surface area (Å²) in [4.78, 5) is 11.1. The van der Waals surface area contributed by atoms with Crippen LogP contribution in [0, 0.1) is 12.3 Å². The Hall–Kier alpha value is -1.36. The monoisotopic (exact) mass is 330 g/mol. The normalized spacial score (nSPS) is 12.7. The zero-order valence-electron chi connectivity index (χ0n) is 9.26. The first-order chi connectivity index (χ1) is 8.36. The minimum atomic E-state index is -3.83. The Bertz CT molecular complexity index is 593. The van der Waals surface area contributed by atoms with Gasteiger partial charge in [0.15, 0.2) is 0 Å². The van der Waals surface area contributed by atoms with E-state index in [0.717, 1.165) is 0 Å². The fourth-order valence-electron chi connectivity index (χ4n) is 1.21. The highest BCUT2D eigenvalue weighted by molar-refractivity contribution is 9.10. The molecule has 0 unspecified atom stereocenters. The van der Waals surface area contributed by atoms with E-state index in [-0.39, 0.29) is 11.3 Å². The smallest absolute Gasteiger partial charge is 0.241 e. The summed E-state index contributed by atoms with van der Waals surface area (Å²) in [5.41, 5.74) is 5.07. The molecule has 0 radical (unpaired) electrons. The lowest BCUT2D eigenvalue weighted by atomic mass is 10.2. The number of hydrogen-bond donors (Lipinski definition) is 2.